The van der Waals surface area contributed by atoms with Gasteiger partial charge >= 0.3 is 0 Å². The molecule has 23 heavy (non-hydrogen) atoms. The fourth-order valence-corrected chi connectivity index (χ4v) is 3.12. The molecule has 0 bridgehead atoms. The molecule has 0 aliphatic carbocycles. The molecule has 3 heterocycles. The van der Waals surface area contributed by atoms with Gasteiger partial charge in [0, 0.05) is 38.0 Å². The van der Waals surface area contributed by atoms with Gasteiger partial charge in [0.25, 0.3) is 5.91 Å². The Morgan fingerprint density at radius 2 is 2.30 bits per heavy atom. The maximum Gasteiger partial charge on any atom is 0.272 e. The number of rotatable bonds is 4. The lowest BCUT2D eigenvalue weighted by Gasteiger charge is -2.25. The lowest BCUT2D eigenvalue weighted by atomic mass is 9.99. The van der Waals surface area contributed by atoms with E-state index in [4.69, 9.17) is 4.74 Å². The minimum absolute atomic E-state index is 0.0294. The number of aromatic nitrogens is 4. The number of carbonyl (C=O) groups is 1. The fourth-order valence-electron chi connectivity index (χ4n) is 3.12. The predicted molar refractivity (Wildman–Crippen MR) is 85.0 cm³/mol. The maximum absolute atomic E-state index is 13.0. The summed E-state index contributed by atoms with van der Waals surface area (Å²) in [5.74, 6) is 0.737. The van der Waals surface area contributed by atoms with E-state index >= 15 is 0 Å². The number of H-pyrrole nitrogens is 1. The van der Waals surface area contributed by atoms with Gasteiger partial charge in [0.05, 0.1) is 24.4 Å². The van der Waals surface area contributed by atoms with Gasteiger partial charge in [0.15, 0.2) is 0 Å². The molecule has 0 unspecified atom stereocenters. The molecule has 2 aromatic rings. The Balaban J connectivity index is 1.93. The van der Waals surface area contributed by atoms with E-state index in [9.17, 15) is 4.79 Å². The maximum atomic E-state index is 13.0. The highest BCUT2D eigenvalue weighted by Gasteiger charge is 2.32. The SMILES string of the molecule is CCn1nc2c(c1C(=O)N(C)Cc1ncc[nH]1)C[C@H](C)O[C@@H]2C. The van der Waals surface area contributed by atoms with Crippen molar-refractivity contribution < 1.29 is 9.53 Å². The molecule has 0 saturated heterocycles. The van der Waals surface area contributed by atoms with E-state index in [-0.39, 0.29) is 18.1 Å². The number of aryl methyl sites for hydroxylation is 1. The van der Waals surface area contributed by atoms with Crippen molar-refractivity contribution in [2.24, 2.45) is 0 Å². The highest BCUT2D eigenvalue weighted by Crippen LogP contribution is 2.32. The van der Waals surface area contributed by atoms with E-state index < -0.39 is 0 Å². The zero-order valence-corrected chi connectivity index (χ0v) is 14.0. The van der Waals surface area contributed by atoms with Crippen LogP contribution in [-0.4, -0.2) is 43.7 Å². The van der Waals surface area contributed by atoms with Gasteiger partial charge in [-0.05, 0) is 20.8 Å². The molecule has 0 fully saturated rings. The third-order valence-electron chi connectivity index (χ3n) is 4.19. The van der Waals surface area contributed by atoms with Crippen molar-refractivity contribution in [3.8, 4) is 0 Å². The first-order valence-corrected chi connectivity index (χ1v) is 8.00. The van der Waals surface area contributed by atoms with Crippen LogP contribution in [0.25, 0.3) is 0 Å². The van der Waals surface area contributed by atoms with Gasteiger partial charge in [-0.1, -0.05) is 0 Å². The molecule has 2 aromatic heterocycles. The van der Waals surface area contributed by atoms with Crippen LogP contribution < -0.4 is 0 Å². The summed E-state index contributed by atoms with van der Waals surface area (Å²) in [5.41, 5.74) is 2.59. The van der Waals surface area contributed by atoms with Crippen molar-refractivity contribution in [3.05, 3.63) is 35.2 Å². The molecule has 0 aromatic carbocycles. The first-order valence-electron chi connectivity index (χ1n) is 8.00. The lowest BCUT2D eigenvalue weighted by molar-refractivity contribution is -0.00716. The smallest absolute Gasteiger partial charge is 0.272 e. The highest BCUT2D eigenvalue weighted by atomic mass is 16.5. The van der Waals surface area contributed by atoms with E-state index in [2.05, 4.69) is 15.1 Å². The van der Waals surface area contributed by atoms with E-state index in [0.29, 0.717) is 18.8 Å². The van der Waals surface area contributed by atoms with Crippen molar-refractivity contribution in [2.75, 3.05) is 7.05 Å². The Kier molecular flexibility index (Phi) is 4.21. The third kappa shape index (κ3) is 2.88. The first-order chi connectivity index (χ1) is 11.0. The number of ether oxygens (including phenoxy) is 1. The van der Waals surface area contributed by atoms with Crippen LogP contribution >= 0.6 is 0 Å². The van der Waals surface area contributed by atoms with Crippen LogP contribution in [0.15, 0.2) is 12.4 Å². The van der Waals surface area contributed by atoms with Gasteiger partial charge in [-0.15, -0.1) is 0 Å². The average Bonchev–Trinajstić information content (AvgIpc) is 3.13. The van der Waals surface area contributed by atoms with E-state index in [1.54, 1.807) is 29.0 Å². The van der Waals surface area contributed by atoms with E-state index in [0.717, 1.165) is 23.5 Å². The minimum Gasteiger partial charge on any atom is -0.369 e. The number of fused-ring (bicyclic) bond motifs is 1. The summed E-state index contributed by atoms with van der Waals surface area (Å²) < 4.78 is 7.63. The van der Waals surface area contributed by atoms with E-state index in [1.807, 2.05) is 20.8 Å². The summed E-state index contributed by atoms with van der Waals surface area (Å²) in [6.07, 6.45) is 4.17. The molecule has 7 nitrogen and oxygen atoms in total. The first kappa shape index (κ1) is 15.7. The molecule has 1 N–H and O–H groups in total. The number of aromatic amines is 1. The molecule has 1 aliphatic rings. The van der Waals surface area contributed by atoms with Gasteiger partial charge in [-0.25, -0.2) is 4.98 Å². The number of nitrogens with one attached hydrogen (secondary N) is 1. The average molecular weight is 317 g/mol. The summed E-state index contributed by atoms with van der Waals surface area (Å²) in [6.45, 7) is 7.11. The number of hydrogen-bond acceptors (Lipinski definition) is 4. The predicted octanol–water partition coefficient (Wildman–Crippen LogP) is 1.92. The Hall–Kier alpha value is -2.15. The van der Waals surface area contributed by atoms with E-state index in [1.165, 1.54) is 0 Å². The van der Waals surface area contributed by atoms with Gasteiger partial charge in [0.2, 0.25) is 0 Å². The number of hydrogen-bond donors (Lipinski definition) is 1. The standard InChI is InChI=1S/C16H23N5O2/c1-5-21-15(12-8-10(2)23-11(3)14(12)19-21)16(22)20(4)9-13-17-6-7-18-13/h6-7,10-11H,5,8-9H2,1-4H3,(H,17,18)/t10-,11+/m0/s1. The minimum atomic E-state index is -0.0801. The topological polar surface area (TPSA) is 76.0 Å². The molecule has 0 saturated carbocycles. The number of imidazole rings is 1. The second-order valence-electron chi connectivity index (χ2n) is 6.02. The zero-order chi connectivity index (χ0) is 16.6. The molecule has 0 spiro atoms. The van der Waals surface area contributed by atoms with Crippen LogP contribution in [0.3, 0.4) is 0 Å². The van der Waals surface area contributed by atoms with Gasteiger partial charge < -0.3 is 14.6 Å². The zero-order valence-electron chi connectivity index (χ0n) is 14.0. The lowest BCUT2D eigenvalue weighted by Crippen LogP contribution is -2.31. The summed E-state index contributed by atoms with van der Waals surface area (Å²) in [6, 6.07) is 0. The molecular formula is C16H23N5O2. The van der Waals surface area contributed by atoms with Gasteiger partial charge in [-0.3, -0.25) is 9.48 Å². The second-order valence-corrected chi connectivity index (χ2v) is 6.02. The second kappa shape index (κ2) is 6.16. The molecular weight excluding hydrogens is 294 g/mol. The van der Waals surface area contributed by atoms with Crippen molar-refractivity contribution in [1.82, 2.24) is 24.6 Å². The molecule has 1 aliphatic heterocycles. The molecule has 1 amide bonds. The van der Waals surface area contributed by atoms with Crippen LogP contribution in [0, 0.1) is 0 Å². The summed E-state index contributed by atoms with van der Waals surface area (Å²) >= 11 is 0. The Morgan fingerprint density at radius 3 is 2.96 bits per heavy atom. The van der Waals surface area contributed by atoms with Crippen LogP contribution in [0.1, 0.15) is 54.4 Å². The van der Waals surface area contributed by atoms with Crippen molar-refractivity contribution >= 4 is 5.91 Å². The quantitative estimate of drug-likeness (QED) is 0.935. The summed E-state index contributed by atoms with van der Waals surface area (Å²) in [4.78, 5) is 21.9. The Labute approximate surface area is 135 Å². The molecule has 124 valence electrons. The Bertz CT molecular complexity index is 692. The van der Waals surface area contributed by atoms with Crippen LogP contribution in [0.2, 0.25) is 0 Å². The molecule has 0 radical (unpaired) electrons. The normalized spacial score (nSPS) is 20.3. The Morgan fingerprint density at radius 1 is 1.52 bits per heavy atom. The fraction of sp³-hybridized carbons (Fsp3) is 0.562. The third-order valence-corrected chi connectivity index (χ3v) is 4.19. The van der Waals surface area contributed by atoms with Crippen LogP contribution in [-0.2, 0) is 24.2 Å². The van der Waals surface area contributed by atoms with Crippen LogP contribution in [0.4, 0.5) is 0 Å². The molecule has 2 atom stereocenters. The largest absolute Gasteiger partial charge is 0.369 e. The van der Waals surface area contributed by atoms with Crippen LogP contribution in [0.5, 0.6) is 0 Å². The summed E-state index contributed by atoms with van der Waals surface area (Å²) in [5, 5.41) is 4.61. The van der Waals surface area contributed by atoms with Crippen molar-refractivity contribution in [3.63, 3.8) is 0 Å². The van der Waals surface area contributed by atoms with Crippen molar-refractivity contribution in [1.29, 1.82) is 0 Å². The van der Waals surface area contributed by atoms with Gasteiger partial charge in [-0.2, -0.15) is 5.10 Å². The number of carbonyl (C=O) groups excluding carboxylic acids is 1. The number of nitrogens with zero attached hydrogens (tertiary/aromatic N) is 4. The molecule has 3 rings (SSSR count). The summed E-state index contributed by atoms with van der Waals surface area (Å²) in [7, 11) is 1.79. The van der Waals surface area contributed by atoms with Gasteiger partial charge in [0.1, 0.15) is 11.5 Å². The monoisotopic (exact) mass is 317 g/mol. The van der Waals surface area contributed by atoms with Crippen molar-refractivity contribution in [2.45, 2.75) is 52.5 Å². The molecule has 7 heteroatoms. The number of amides is 1. The highest BCUT2D eigenvalue weighted by molar-refractivity contribution is 5.94.